The third-order valence-corrected chi connectivity index (χ3v) is 4.65. The van der Waals surface area contributed by atoms with E-state index in [2.05, 4.69) is 5.32 Å². The fourth-order valence-corrected chi connectivity index (χ4v) is 3.14. The Morgan fingerprint density at radius 3 is 2.80 bits per heavy atom. The maximum atomic E-state index is 11.9. The lowest BCUT2D eigenvalue weighted by atomic mass is 10.2. The second-order valence-electron chi connectivity index (χ2n) is 5.56. The van der Waals surface area contributed by atoms with Gasteiger partial charge in [0.1, 0.15) is 25.6 Å². The van der Waals surface area contributed by atoms with Crippen molar-refractivity contribution in [2.24, 2.45) is 0 Å². The Labute approximate surface area is 151 Å². The van der Waals surface area contributed by atoms with E-state index >= 15 is 0 Å². The molecule has 0 atom stereocenters. The van der Waals surface area contributed by atoms with E-state index < -0.39 is 0 Å². The first-order chi connectivity index (χ1) is 12.2. The number of hydrogen-bond acceptors (Lipinski definition) is 5. The second-order valence-corrected chi connectivity index (χ2v) is 6.61. The maximum Gasteiger partial charge on any atom is 0.230 e. The predicted molar refractivity (Wildman–Crippen MR) is 97.8 cm³/mol. The summed E-state index contributed by atoms with van der Waals surface area (Å²) >= 11 is 1.47. The van der Waals surface area contributed by atoms with Crippen molar-refractivity contribution in [2.45, 2.75) is 11.8 Å². The summed E-state index contributed by atoms with van der Waals surface area (Å²) in [7, 11) is 0. The zero-order chi connectivity index (χ0) is 17.5. The number of carbonyl (C=O) groups is 1. The third kappa shape index (κ3) is 5.06. The lowest BCUT2D eigenvalue weighted by molar-refractivity contribution is -0.118. The summed E-state index contributed by atoms with van der Waals surface area (Å²) in [4.78, 5) is 12.9. The van der Waals surface area contributed by atoms with Gasteiger partial charge < -0.3 is 19.5 Å². The molecule has 0 bridgehead atoms. The normalized spacial score (nSPS) is 12.5. The highest BCUT2D eigenvalue weighted by atomic mass is 32.2. The Balaban J connectivity index is 1.37. The summed E-state index contributed by atoms with van der Waals surface area (Å²) in [6.07, 6.45) is 0. The van der Waals surface area contributed by atoms with Crippen LogP contribution in [0.2, 0.25) is 0 Å². The van der Waals surface area contributed by atoms with Crippen molar-refractivity contribution in [3.05, 3.63) is 48.0 Å². The number of rotatable bonds is 7. The largest absolute Gasteiger partial charge is 0.491 e. The number of fused-ring (bicyclic) bond motifs is 1. The molecule has 0 saturated carbocycles. The zero-order valence-corrected chi connectivity index (χ0v) is 14.9. The van der Waals surface area contributed by atoms with Crippen molar-refractivity contribution in [1.29, 1.82) is 0 Å². The van der Waals surface area contributed by atoms with Crippen molar-refractivity contribution >= 4 is 17.7 Å². The van der Waals surface area contributed by atoms with E-state index in [-0.39, 0.29) is 5.91 Å². The van der Waals surface area contributed by atoms with Gasteiger partial charge in [0.2, 0.25) is 5.91 Å². The highest BCUT2D eigenvalue weighted by molar-refractivity contribution is 8.00. The molecule has 0 fully saturated rings. The highest BCUT2D eigenvalue weighted by Gasteiger charge is 2.12. The van der Waals surface area contributed by atoms with Gasteiger partial charge in [-0.15, -0.1) is 11.8 Å². The minimum Gasteiger partial charge on any atom is -0.491 e. The lowest BCUT2D eigenvalue weighted by Gasteiger charge is -2.18. The van der Waals surface area contributed by atoms with Gasteiger partial charge in [-0.3, -0.25) is 4.79 Å². The Morgan fingerprint density at radius 2 is 1.96 bits per heavy atom. The summed E-state index contributed by atoms with van der Waals surface area (Å²) in [5.41, 5.74) is 1.09. The van der Waals surface area contributed by atoms with Crippen LogP contribution < -0.4 is 19.5 Å². The number of para-hydroxylation sites is 1. The van der Waals surface area contributed by atoms with Gasteiger partial charge in [0.25, 0.3) is 0 Å². The van der Waals surface area contributed by atoms with Crippen molar-refractivity contribution in [2.75, 3.05) is 32.1 Å². The Bertz CT molecular complexity index is 735. The average Bonchev–Trinajstić information content (AvgIpc) is 2.64. The molecule has 1 amide bonds. The van der Waals surface area contributed by atoms with Gasteiger partial charge in [-0.2, -0.15) is 0 Å². The maximum absolute atomic E-state index is 11.9. The second kappa shape index (κ2) is 8.67. The van der Waals surface area contributed by atoms with E-state index in [0.29, 0.717) is 32.1 Å². The number of aryl methyl sites for hydroxylation is 1. The topological polar surface area (TPSA) is 56.8 Å². The van der Waals surface area contributed by atoms with Gasteiger partial charge in [0, 0.05) is 4.90 Å². The summed E-state index contributed by atoms with van der Waals surface area (Å²) in [6.45, 7) is 4.06. The number of hydrogen-bond donors (Lipinski definition) is 1. The standard InChI is InChI=1S/C19H21NO4S/c1-14-4-2-3-5-16(14)22-9-8-20-19(21)13-25-15-6-7-17-18(12-15)24-11-10-23-17/h2-7,12H,8-11,13H2,1H3,(H,20,21). The van der Waals surface area contributed by atoms with Crippen LogP contribution in [-0.4, -0.2) is 38.0 Å². The zero-order valence-electron chi connectivity index (χ0n) is 14.1. The lowest BCUT2D eigenvalue weighted by Crippen LogP contribution is -2.29. The van der Waals surface area contributed by atoms with Crippen LogP contribution in [-0.2, 0) is 4.79 Å². The molecule has 25 heavy (non-hydrogen) atoms. The summed E-state index contributed by atoms with van der Waals surface area (Å²) < 4.78 is 16.7. The van der Waals surface area contributed by atoms with E-state index in [0.717, 1.165) is 27.7 Å². The van der Waals surface area contributed by atoms with Crippen LogP contribution in [0.15, 0.2) is 47.4 Å². The molecule has 6 heteroatoms. The number of benzene rings is 2. The molecule has 2 aromatic rings. The SMILES string of the molecule is Cc1ccccc1OCCNC(=O)CSc1ccc2c(c1)OCCO2. The molecule has 1 N–H and O–H groups in total. The highest BCUT2D eigenvalue weighted by Crippen LogP contribution is 2.34. The van der Waals surface area contributed by atoms with Crippen molar-refractivity contribution < 1.29 is 19.0 Å². The average molecular weight is 359 g/mol. The summed E-state index contributed by atoms with van der Waals surface area (Å²) in [5, 5.41) is 2.86. The number of ether oxygens (including phenoxy) is 3. The Kier molecular flexibility index (Phi) is 6.06. The van der Waals surface area contributed by atoms with Gasteiger partial charge in [-0.1, -0.05) is 18.2 Å². The Hall–Kier alpha value is -2.34. The molecular weight excluding hydrogens is 338 g/mol. The molecule has 0 spiro atoms. The number of thioether (sulfide) groups is 1. The number of amides is 1. The molecule has 1 aliphatic heterocycles. The van der Waals surface area contributed by atoms with E-state index in [1.807, 2.05) is 49.4 Å². The monoisotopic (exact) mass is 359 g/mol. The van der Waals surface area contributed by atoms with Crippen molar-refractivity contribution in [3.63, 3.8) is 0 Å². The van der Waals surface area contributed by atoms with Crippen molar-refractivity contribution in [1.82, 2.24) is 5.32 Å². The molecule has 0 unspecified atom stereocenters. The van der Waals surface area contributed by atoms with Crippen LogP contribution in [0.3, 0.4) is 0 Å². The van der Waals surface area contributed by atoms with Crippen LogP contribution in [0.1, 0.15) is 5.56 Å². The molecule has 0 aliphatic carbocycles. The van der Waals surface area contributed by atoms with Crippen LogP contribution >= 0.6 is 11.8 Å². The smallest absolute Gasteiger partial charge is 0.230 e. The van der Waals surface area contributed by atoms with E-state index in [4.69, 9.17) is 14.2 Å². The summed E-state index contributed by atoms with van der Waals surface area (Å²) in [5.74, 6) is 2.68. The van der Waals surface area contributed by atoms with Gasteiger partial charge >= 0.3 is 0 Å². The quantitative estimate of drug-likeness (QED) is 0.608. The summed E-state index contributed by atoms with van der Waals surface area (Å²) in [6, 6.07) is 13.6. The minimum absolute atomic E-state index is 0.0201. The molecule has 132 valence electrons. The molecule has 1 heterocycles. The number of carbonyl (C=O) groups excluding carboxylic acids is 1. The van der Waals surface area contributed by atoms with Crippen LogP contribution in [0.5, 0.6) is 17.2 Å². The Morgan fingerprint density at radius 1 is 1.16 bits per heavy atom. The van der Waals surface area contributed by atoms with Gasteiger partial charge in [-0.05, 0) is 36.8 Å². The van der Waals surface area contributed by atoms with Gasteiger partial charge in [0.05, 0.1) is 12.3 Å². The molecule has 3 rings (SSSR count). The third-order valence-electron chi connectivity index (χ3n) is 3.66. The van der Waals surface area contributed by atoms with Gasteiger partial charge in [-0.25, -0.2) is 0 Å². The molecule has 5 nitrogen and oxygen atoms in total. The first-order valence-corrected chi connectivity index (χ1v) is 9.18. The van der Waals surface area contributed by atoms with Crippen LogP contribution in [0, 0.1) is 6.92 Å². The first-order valence-electron chi connectivity index (χ1n) is 8.20. The molecular formula is C19H21NO4S. The van der Waals surface area contributed by atoms with Crippen LogP contribution in [0.25, 0.3) is 0 Å². The van der Waals surface area contributed by atoms with Crippen molar-refractivity contribution in [3.8, 4) is 17.2 Å². The molecule has 0 saturated heterocycles. The molecule has 0 aromatic heterocycles. The minimum atomic E-state index is -0.0201. The molecule has 1 aliphatic rings. The van der Waals surface area contributed by atoms with Gasteiger partial charge in [0.15, 0.2) is 11.5 Å². The van der Waals surface area contributed by atoms with E-state index in [1.54, 1.807) is 0 Å². The number of nitrogens with one attached hydrogen (secondary N) is 1. The molecule has 2 aromatic carbocycles. The predicted octanol–water partition coefficient (Wildman–Crippen LogP) is 3.05. The van der Waals surface area contributed by atoms with E-state index in [9.17, 15) is 4.79 Å². The van der Waals surface area contributed by atoms with Crippen LogP contribution in [0.4, 0.5) is 0 Å². The first kappa shape index (κ1) is 17.5. The fraction of sp³-hybridized carbons (Fsp3) is 0.316. The fourth-order valence-electron chi connectivity index (χ4n) is 2.38. The van der Waals surface area contributed by atoms with E-state index in [1.165, 1.54) is 11.8 Å². The molecule has 0 radical (unpaired) electrons.